The van der Waals surface area contributed by atoms with Gasteiger partial charge in [-0.25, -0.2) is 19.3 Å². The van der Waals surface area contributed by atoms with Crippen LogP contribution in [0, 0.1) is 5.41 Å². The first-order valence-corrected chi connectivity index (χ1v) is 13.8. The molecule has 11 nitrogen and oxygen atoms in total. The number of carbonyl (C=O) groups is 2. The molecule has 206 valence electrons. The summed E-state index contributed by atoms with van der Waals surface area (Å²) in [6, 6.07) is 1.71. The van der Waals surface area contributed by atoms with E-state index >= 15 is 0 Å². The third kappa shape index (κ3) is 6.24. The zero-order valence-corrected chi connectivity index (χ0v) is 23.8. The van der Waals surface area contributed by atoms with Crippen molar-refractivity contribution in [1.29, 1.82) is 0 Å². The summed E-state index contributed by atoms with van der Waals surface area (Å²) < 4.78 is 1.78. The molecule has 3 aromatic rings. The second-order valence-corrected chi connectivity index (χ2v) is 12.1. The highest BCUT2D eigenvalue weighted by atomic mass is 32.1. The predicted octanol–water partition coefficient (Wildman–Crippen LogP) is 3.85. The first-order chi connectivity index (χ1) is 17.9. The van der Waals surface area contributed by atoms with Crippen LogP contribution in [-0.2, 0) is 0 Å². The molecule has 0 spiro atoms. The van der Waals surface area contributed by atoms with Crippen LogP contribution in [0.15, 0.2) is 23.8 Å². The molecule has 2 N–H and O–H groups in total. The Labute approximate surface area is 227 Å². The third-order valence-corrected chi connectivity index (χ3v) is 8.10. The lowest BCUT2D eigenvalue weighted by atomic mass is 9.88. The average molecular weight is 543 g/mol. The number of anilines is 1. The van der Waals surface area contributed by atoms with Crippen molar-refractivity contribution in [3.63, 3.8) is 0 Å². The molecule has 1 atom stereocenters. The zero-order chi connectivity index (χ0) is 27.6. The van der Waals surface area contributed by atoms with E-state index in [9.17, 15) is 14.7 Å². The van der Waals surface area contributed by atoms with E-state index < -0.39 is 6.09 Å². The summed E-state index contributed by atoms with van der Waals surface area (Å²) in [6.45, 7) is 10.6. The minimum atomic E-state index is -0.915. The molecule has 38 heavy (non-hydrogen) atoms. The van der Waals surface area contributed by atoms with Gasteiger partial charge in [0.25, 0.3) is 5.91 Å². The topological polar surface area (TPSA) is 119 Å². The maximum Gasteiger partial charge on any atom is 0.407 e. The summed E-state index contributed by atoms with van der Waals surface area (Å²) in [7, 11) is 3.85. The van der Waals surface area contributed by atoms with Crippen molar-refractivity contribution in [3.8, 4) is 11.4 Å². The first-order valence-electron chi connectivity index (χ1n) is 12.9. The van der Waals surface area contributed by atoms with E-state index in [0.29, 0.717) is 56.4 Å². The van der Waals surface area contributed by atoms with E-state index in [2.05, 4.69) is 43.1 Å². The molecule has 1 aliphatic heterocycles. The van der Waals surface area contributed by atoms with Crippen molar-refractivity contribution in [3.05, 3.63) is 29.5 Å². The number of fused-ring (bicyclic) bond motifs is 1. The number of carboxylic acid groups (broad SMARTS) is 1. The van der Waals surface area contributed by atoms with Crippen molar-refractivity contribution in [2.45, 2.75) is 52.6 Å². The number of amides is 2. The van der Waals surface area contributed by atoms with E-state index in [1.54, 1.807) is 33.0 Å². The number of likely N-dealkylation sites (N-methyl/N-ethyl adjacent to an activating group) is 1. The van der Waals surface area contributed by atoms with E-state index in [1.165, 1.54) is 4.90 Å². The standard InChI is InChI=1S/C26H38N8O3S/c1-17(26(2,3)4)28-21-15-20(29-22(30-21)19-16-27-34-13-14-38-24(19)34)23(35)32-9-7-18(8-10-32)33(25(36)37)12-11-31(5)6/h13-18H,7-12H2,1-6H3,(H,36,37)(H,28,29,30). The molecular formula is C26H38N8O3S. The summed E-state index contributed by atoms with van der Waals surface area (Å²) >= 11 is 1.54. The van der Waals surface area contributed by atoms with Gasteiger partial charge in [-0.1, -0.05) is 20.8 Å². The summed E-state index contributed by atoms with van der Waals surface area (Å²) in [5.74, 6) is 0.864. The number of hydrogen-bond donors (Lipinski definition) is 2. The average Bonchev–Trinajstić information content (AvgIpc) is 3.47. The zero-order valence-electron chi connectivity index (χ0n) is 23.0. The molecule has 1 unspecified atom stereocenters. The van der Waals surface area contributed by atoms with Crippen molar-refractivity contribution in [1.82, 2.24) is 34.3 Å². The predicted molar refractivity (Wildman–Crippen MR) is 149 cm³/mol. The van der Waals surface area contributed by atoms with Crippen LogP contribution in [0.3, 0.4) is 0 Å². The van der Waals surface area contributed by atoms with Crippen molar-refractivity contribution in [2.75, 3.05) is 45.6 Å². The molecule has 0 aliphatic carbocycles. The molecule has 0 bridgehead atoms. The number of piperidine rings is 1. The lowest BCUT2D eigenvalue weighted by Crippen LogP contribution is -2.50. The Morgan fingerprint density at radius 3 is 2.55 bits per heavy atom. The highest BCUT2D eigenvalue weighted by Gasteiger charge is 2.31. The Balaban J connectivity index is 1.57. The van der Waals surface area contributed by atoms with E-state index in [0.717, 1.165) is 10.4 Å². The second-order valence-electron chi connectivity index (χ2n) is 11.2. The molecular weight excluding hydrogens is 504 g/mol. The SMILES string of the molecule is CC(Nc1cc(C(=O)N2CCC(N(CCN(C)C)C(=O)O)CC2)nc(-c2cnn3ccsc23)n1)C(C)(C)C. The number of carbonyl (C=O) groups excluding carboxylic acids is 1. The van der Waals surface area contributed by atoms with Crippen LogP contribution >= 0.6 is 11.3 Å². The Morgan fingerprint density at radius 1 is 1.21 bits per heavy atom. The number of hydrogen-bond acceptors (Lipinski definition) is 8. The Kier molecular flexibility index (Phi) is 8.22. The molecule has 0 saturated carbocycles. The summed E-state index contributed by atoms with van der Waals surface area (Å²) in [4.78, 5) is 41.1. The quantitative estimate of drug-likeness (QED) is 0.441. The summed E-state index contributed by atoms with van der Waals surface area (Å²) in [6.07, 6.45) is 3.87. The van der Waals surface area contributed by atoms with Crippen LogP contribution in [-0.4, -0.2) is 104 Å². The molecule has 0 radical (unpaired) electrons. The van der Waals surface area contributed by atoms with Crippen molar-refractivity contribution in [2.24, 2.45) is 5.41 Å². The Bertz CT molecular complexity index is 1270. The normalized spacial score (nSPS) is 15.7. The van der Waals surface area contributed by atoms with E-state index in [-0.39, 0.29) is 23.4 Å². The number of aromatic nitrogens is 4. The Morgan fingerprint density at radius 2 is 1.92 bits per heavy atom. The number of thiazole rings is 1. The molecule has 0 aromatic carbocycles. The van der Waals surface area contributed by atoms with Crippen LogP contribution in [0.5, 0.6) is 0 Å². The smallest absolute Gasteiger partial charge is 0.407 e. The molecule has 1 aliphatic rings. The van der Waals surface area contributed by atoms with Gasteiger partial charge in [0.05, 0.1) is 11.8 Å². The van der Waals surface area contributed by atoms with Gasteiger partial charge >= 0.3 is 6.09 Å². The monoisotopic (exact) mass is 542 g/mol. The lowest BCUT2D eigenvalue weighted by molar-refractivity contribution is 0.0601. The van der Waals surface area contributed by atoms with Crippen LogP contribution < -0.4 is 5.32 Å². The molecule has 3 aromatic heterocycles. The van der Waals surface area contributed by atoms with Gasteiger partial charge in [-0.3, -0.25) is 4.79 Å². The first kappa shape index (κ1) is 27.8. The fourth-order valence-electron chi connectivity index (χ4n) is 4.35. The maximum absolute atomic E-state index is 13.6. The highest BCUT2D eigenvalue weighted by Crippen LogP contribution is 2.29. The lowest BCUT2D eigenvalue weighted by Gasteiger charge is -2.37. The fraction of sp³-hybridized carbons (Fsp3) is 0.577. The summed E-state index contributed by atoms with van der Waals surface area (Å²) in [5, 5.41) is 19.5. The van der Waals surface area contributed by atoms with Gasteiger partial charge in [-0.15, -0.1) is 11.3 Å². The van der Waals surface area contributed by atoms with Gasteiger partial charge in [0.15, 0.2) is 5.82 Å². The molecule has 4 heterocycles. The van der Waals surface area contributed by atoms with Crippen LogP contribution in [0.1, 0.15) is 51.0 Å². The molecule has 12 heteroatoms. The molecule has 1 fully saturated rings. The van der Waals surface area contributed by atoms with Gasteiger partial charge in [0.2, 0.25) is 0 Å². The number of likely N-dealkylation sites (tertiary alicyclic amines) is 1. The highest BCUT2D eigenvalue weighted by molar-refractivity contribution is 7.16. The van der Waals surface area contributed by atoms with Gasteiger partial charge in [0.1, 0.15) is 16.3 Å². The number of nitrogens with zero attached hydrogens (tertiary/aromatic N) is 7. The van der Waals surface area contributed by atoms with Gasteiger partial charge in [0, 0.05) is 55.9 Å². The Hall–Kier alpha value is -3.25. The minimum Gasteiger partial charge on any atom is -0.465 e. The van der Waals surface area contributed by atoms with Gasteiger partial charge < -0.3 is 25.1 Å². The number of nitrogens with one attached hydrogen (secondary N) is 1. The second kappa shape index (κ2) is 11.2. The minimum absolute atomic E-state index is 0.0154. The van der Waals surface area contributed by atoms with Crippen LogP contribution in [0.2, 0.25) is 0 Å². The summed E-state index contributed by atoms with van der Waals surface area (Å²) in [5.41, 5.74) is 1.08. The fourth-order valence-corrected chi connectivity index (χ4v) is 5.15. The number of rotatable bonds is 8. The largest absolute Gasteiger partial charge is 0.465 e. The maximum atomic E-state index is 13.6. The molecule has 2 amide bonds. The van der Waals surface area contributed by atoms with Gasteiger partial charge in [-0.05, 0) is 39.3 Å². The third-order valence-electron chi connectivity index (χ3n) is 7.21. The van der Waals surface area contributed by atoms with Crippen LogP contribution in [0.4, 0.5) is 10.6 Å². The van der Waals surface area contributed by atoms with E-state index in [1.807, 2.05) is 30.6 Å². The molecule has 4 rings (SSSR count). The van der Waals surface area contributed by atoms with Crippen LogP contribution in [0.25, 0.3) is 16.2 Å². The molecule has 1 saturated heterocycles. The van der Waals surface area contributed by atoms with E-state index in [4.69, 9.17) is 4.98 Å². The van der Waals surface area contributed by atoms with Crippen molar-refractivity contribution < 1.29 is 14.7 Å². The van der Waals surface area contributed by atoms with Gasteiger partial charge in [-0.2, -0.15) is 5.10 Å². The van der Waals surface area contributed by atoms with Crippen molar-refractivity contribution >= 4 is 34.0 Å².